The van der Waals surface area contributed by atoms with Gasteiger partial charge in [-0.05, 0) is 44.4 Å². The molecule has 1 amide bonds. The molecule has 25 heavy (non-hydrogen) atoms. The lowest BCUT2D eigenvalue weighted by Crippen LogP contribution is -2.42. The molecule has 1 fully saturated rings. The number of halogens is 3. The van der Waals surface area contributed by atoms with E-state index in [1.54, 1.807) is 18.2 Å². The fourth-order valence-electron chi connectivity index (χ4n) is 3.21. The van der Waals surface area contributed by atoms with Crippen LogP contribution in [0.2, 0.25) is 0 Å². The Hall–Kier alpha value is -2.05. The molecule has 0 radical (unpaired) electrons. The Labute approximate surface area is 144 Å². The molecule has 0 aromatic heterocycles. The van der Waals surface area contributed by atoms with Crippen molar-refractivity contribution in [3.8, 4) is 5.75 Å². The van der Waals surface area contributed by atoms with Crippen molar-refractivity contribution in [2.24, 2.45) is 5.92 Å². The smallest absolute Gasteiger partial charge is 0.391 e. The monoisotopic (exact) mass is 357 g/mol. The molecule has 0 saturated heterocycles. The molecule has 0 heterocycles. The van der Waals surface area contributed by atoms with Crippen molar-refractivity contribution in [1.82, 2.24) is 5.32 Å². The molecule has 0 spiro atoms. The summed E-state index contributed by atoms with van der Waals surface area (Å²) in [6.45, 7) is 1.42. The fourth-order valence-corrected chi connectivity index (χ4v) is 3.21. The number of hydrogen-bond acceptors (Lipinski definition) is 3. The van der Waals surface area contributed by atoms with Crippen LogP contribution in [0.25, 0.3) is 0 Å². The van der Waals surface area contributed by atoms with Gasteiger partial charge in [0.25, 0.3) is 0 Å². The van der Waals surface area contributed by atoms with E-state index in [0.29, 0.717) is 29.7 Å². The molecular weight excluding hydrogens is 335 g/mol. The van der Waals surface area contributed by atoms with E-state index in [4.69, 9.17) is 4.74 Å². The number of ketones is 1. The second-order valence-electron chi connectivity index (χ2n) is 6.43. The Morgan fingerprint density at radius 2 is 2.00 bits per heavy atom. The van der Waals surface area contributed by atoms with Crippen LogP contribution in [0.1, 0.15) is 48.5 Å². The molecule has 2 rings (SSSR count). The summed E-state index contributed by atoms with van der Waals surface area (Å²) in [5, 5.41) is 2.69. The molecule has 1 aliphatic carbocycles. The average molecular weight is 357 g/mol. The largest absolute Gasteiger partial charge is 0.496 e. The van der Waals surface area contributed by atoms with Crippen LogP contribution >= 0.6 is 0 Å². The highest BCUT2D eigenvalue weighted by Crippen LogP contribution is 2.37. The standard InChI is InChI=1S/C18H22F3NO3/c1-11(23)12-6-7-16(25-2)13(8-12)9-17(24)22-15-5-3-4-14(10-15)18(19,20)21/h6-8,14-15H,3-5,9-10H2,1-2H3,(H,22,24). The number of carbonyl (C=O) groups excluding carboxylic acids is 2. The van der Waals surface area contributed by atoms with Crippen molar-refractivity contribution in [3.05, 3.63) is 29.3 Å². The number of methoxy groups -OCH3 is 1. The molecule has 0 aliphatic heterocycles. The zero-order chi connectivity index (χ0) is 18.6. The Bertz CT molecular complexity index is 643. The van der Waals surface area contributed by atoms with Crippen LogP contribution in [0.15, 0.2) is 18.2 Å². The molecule has 2 atom stereocenters. The van der Waals surface area contributed by atoms with Gasteiger partial charge in [0.2, 0.25) is 5.91 Å². The van der Waals surface area contributed by atoms with Gasteiger partial charge in [-0.15, -0.1) is 0 Å². The molecule has 1 aliphatic rings. The third kappa shape index (κ3) is 5.21. The minimum Gasteiger partial charge on any atom is -0.496 e. The van der Waals surface area contributed by atoms with Gasteiger partial charge in [0.05, 0.1) is 19.4 Å². The van der Waals surface area contributed by atoms with Gasteiger partial charge in [0.15, 0.2) is 5.78 Å². The summed E-state index contributed by atoms with van der Waals surface area (Å²) in [6.07, 6.45) is -3.24. The quantitative estimate of drug-likeness (QED) is 0.818. The van der Waals surface area contributed by atoms with Crippen molar-refractivity contribution in [2.75, 3.05) is 7.11 Å². The van der Waals surface area contributed by atoms with Crippen LogP contribution in [0.4, 0.5) is 13.2 Å². The molecule has 2 unspecified atom stereocenters. The number of carbonyl (C=O) groups is 2. The number of rotatable bonds is 5. The maximum Gasteiger partial charge on any atom is 0.391 e. The summed E-state index contributed by atoms with van der Waals surface area (Å²) in [7, 11) is 1.46. The maximum absolute atomic E-state index is 12.9. The lowest BCUT2D eigenvalue weighted by Gasteiger charge is -2.31. The highest BCUT2D eigenvalue weighted by molar-refractivity contribution is 5.94. The van der Waals surface area contributed by atoms with Gasteiger partial charge in [-0.2, -0.15) is 13.2 Å². The number of benzene rings is 1. The van der Waals surface area contributed by atoms with E-state index in [1.807, 2.05) is 0 Å². The molecule has 7 heteroatoms. The summed E-state index contributed by atoms with van der Waals surface area (Å²) in [6, 6.07) is 4.33. The fraction of sp³-hybridized carbons (Fsp3) is 0.556. The number of nitrogens with one attached hydrogen (secondary N) is 1. The summed E-state index contributed by atoms with van der Waals surface area (Å²) in [5.74, 6) is -1.39. The molecule has 4 nitrogen and oxygen atoms in total. The van der Waals surface area contributed by atoms with E-state index in [2.05, 4.69) is 5.32 Å². The summed E-state index contributed by atoms with van der Waals surface area (Å²) >= 11 is 0. The molecular formula is C18H22F3NO3. The van der Waals surface area contributed by atoms with Gasteiger partial charge in [0, 0.05) is 17.2 Å². The number of alkyl halides is 3. The molecule has 1 aromatic carbocycles. The van der Waals surface area contributed by atoms with Crippen molar-refractivity contribution < 1.29 is 27.5 Å². The second kappa shape index (κ2) is 7.89. The van der Waals surface area contributed by atoms with E-state index >= 15 is 0 Å². The van der Waals surface area contributed by atoms with E-state index in [9.17, 15) is 22.8 Å². The highest BCUT2D eigenvalue weighted by atomic mass is 19.4. The van der Waals surface area contributed by atoms with E-state index in [0.717, 1.165) is 0 Å². The third-order valence-electron chi connectivity index (χ3n) is 4.54. The first-order chi connectivity index (χ1) is 11.7. The van der Waals surface area contributed by atoms with Crippen molar-refractivity contribution >= 4 is 11.7 Å². The SMILES string of the molecule is COc1ccc(C(C)=O)cc1CC(=O)NC1CCCC(C(F)(F)F)C1. The Balaban J connectivity index is 2.02. The van der Waals surface area contributed by atoms with Crippen LogP contribution < -0.4 is 10.1 Å². The number of hydrogen-bond donors (Lipinski definition) is 1. The predicted octanol–water partition coefficient (Wildman–Crippen LogP) is 3.68. The second-order valence-corrected chi connectivity index (χ2v) is 6.43. The zero-order valence-corrected chi connectivity index (χ0v) is 14.3. The van der Waals surface area contributed by atoms with E-state index < -0.39 is 18.1 Å². The maximum atomic E-state index is 12.9. The van der Waals surface area contributed by atoms with Crippen molar-refractivity contribution in [3.63, 3.8) is 0 Å². The number of ether oxygens (including phenoxy) is 1. The lowest BCUT2D eigenvalue weighted by molar-refractivity contribution is -0.184. The van der Waals surface area contributed by atoms with Crippen LogP contribution in [0.3, 0.4) is 0 Å². The molecule has 1 N–H and O–H groups in total. The average Bonchev–Trinajstić information content (AvgIpc) is 2.54. The van der Waals surface area contributed by atoms with E-state index in [1.165, 1.54) is 14.0 Å². The van der Waals surface area contributed by atoms with Gasteiger partial charge in [-0.25, -0.2) is 0 Å². The zero-order valence-electron chi connectivity index (χ0n) is 14.3. The summed E-state index contributed by atoms with van der Waals surface area (Å²) in [5.41, 5.74) is 0.995. The molecule has 1 saturated carbocycles. The first kappa shape index (κ1) is 19.3. The Morgan fingerprint density at radius 1 is 1.28 bits per heavy atom. The molecule has 0 bridgehead atoms. The summed E-state index contributed by atoms with van der Waals surface area (Å²) in [4.78, 5) is 23.7. The van der Waals surface area contributed by atoms with Gasteiger partial charge in [0.1, 0.15) is 5.75 Å². The molecule has 1 aromatic rings. The third-order valence-corrected chi connectivity index (χ3v) is 4.54. The van der Waals surface area contributed by atoms with Crippen LogP contribution in [-0.2, 0) is 11.2 Å². The predicted molar refractivity (Wildman–Crippen MR) is 86.6 cm³/mol. The van der Waals surface area contributed by atoms with Crippen molar-refractivity contribution in [1.29, 1.82) is 0 Å². The molecule has 138 valence electrons. The minimum atomic E-state index is -4.22. The van der Waals surface area contributed by atoms with Crippen LogP contribution in [-0.4, -0.2) is 31.0 Å². The number of Topliss-reactive ketones (excluding diaryl/α,β-unsaturated/α-hetero) is 1. The highest BCUT2D eigenvalue weighted by Gasteiger charge is 2.42. The van der Waals surface area contributed by atoms with Crippen molar-refractivity contribution in [2.45, 2.75) is 51.2 Å². The Kier molecular flexibility index (Phi) is 6.08. The van der Waals surface area contributed by atoms with Gasteiger partial charge in [-0.3, -0.25) is 9.59 Å². The topological polar surface area (TPSA) is 55.4 Å². The van der Waals surface area contributed by atoms with Crippen LogP contribution in [0.5, 0.6) is 5.75 Å². The first-order valence-electron chi connectivity index (χ1n) is 8.24. The van der Waals surface area contributed by atoms with E-state index in [-0.39, 0.29) is 31.0 Å². The normalized spacial score (nSPS) is 20.8. The van der Waals surface area contributed by atoms with Crippen LogP contribution in [0, 0.1) is 5.92 Å². The van der Waals surface area contributed by atoms with Gasteiger partial charge < -0.3 is 10.1 Å². The summed E-state index contributed by atoms with van der Waals surface area (Å²) < 4.78 is 43.8. The lowest BCUT2D eigenvalue weighted by atomic mass is 9.85. The van der Waals surface area contributed by atoms with Gasteiger partial charge >= 0.3 is 6.18 Å². The van der Waals surface area contributed by atoms with Gasteiger partial charge in [-0.1, -0.05) is 6.42 Å². The first-order valence-corrected chi connectivity index (χ1v) is 8.24. The Morgan fingerprint density at radius 3 is 2.60 bits per heavy atom. The number of amides is 1. The minimum absolute atomic E-state index is 0.0442.